The molecule has 0 saturated carbocycles. The van der Waals surface area contributed by atoms with Crippen molar-refractivity contribution in [1.82, 2.24) is 15.3 Å². The molecule has 21 heavy (non-hydrogen) atoms. The van der Waals surface area contributed by atoms with E-state index in [1.807, 2.05) is 19.9 Å². The third-order valence-electron chi connectivity index (χ3n) is 2.34. The molecular formula is C13H19N5O2S. The summed E-state index contributed by atoms with van der Waals surface area (Å²) in [6, 6.07) is 1.88. The first-order chi connectivity index (χ1) is 10.0. The Labute approximate surface area is 128 Å². The van der Waals surface area contributed by atoms with Gasteiger partial charge in [0.1, 0.15) is 17.5 Å². The van der Waals surface area contributed by atoms with E-state index in [9.17, 15) is 4.79 Å². The maximum absolute atomic E-state index is 11.6. The number of nitrogens with one attached hydrogen (secondary N) is 1. The van der Waals surface area contributed by atoms with Crippen molar-refractivity contribution in [2.45, 2.75) is 31.5 Å². The highest BCUT2D eigenvalue weighted by atomic mass is 32.2. The van der Waals surface area contributed by atoms with E-state index < -0.39 is 0 Å². The number of carbonyl (C=O) groups is 1. The van der Waals surface area contributed by atoms with Gasteiger partial charge >= 0.3 is 0 Å². The molecule has 1 aromatic heterocycles. The van der Waals surface area contributed by atoms with Gasteiger partial charge in [0.05, 0.1) is 18.1 Å². The molecule has 0 atom stereocenters. The number of thioether (sulfide) groups is 1. The molecule has 0 aliphatic heterocycles. The van der Waals surface area contributed by atoms with Crippen LogP contribution in [-0.4, -0.2) is 40.9 Å². The Hall–Kier alpha value is -1.85. The van der Waals surface area contributed by atoms with Gasteiger partial charge in [0.25, 0.3) is 0 Å². The Balaban J connectivity index is 2.24. The van der Waals surface area contributed by atoms with E-state index in [-0.39, 0.29) is 29.1 Å². The molecule has 0 radical (unpaired) electrons. The van der Waals surface area contributed by atoms with Gasteiger partial charge in [0.15, 0.2) is 5.16 Å². The number of ether oxygens (including phenoxy) is 1. The van der Waals surface area contributed by atoms with E-state index in [2.05, 4.69) is 15.3 Å². The van der Waals surface area contributed by atoms with Gasteiger partial charge in [-0.1, -0.05) is 11.8 Å². The quantitative estimate of drug-likeness (QED) is 0.417. The van der Waals surface area contributed by atoms with Crippen LogP contribution in [0.3, 0.4) is 0 Å². The summed E-state index contributed by atoms with van der Waals surface area (Å²) in [6.07, 6.45) is 2.33. The van der Waals surface area contributed by atoms with Gasteiger partial charge in [-0.15, -0.1) is 0 Å². The molecule has 114 valence electrons. The standard InChI is InChI=1S/C13H19N5O2S/c1-9(2)20-5-3-4-16-11(19)8-21-13-17-7-10(6-14)12(15)18-13/h7,9H,3-5,8H2,1-2H3,(H,16,19)(H2,15,17,18). The van der Waals surface area contributed by atoms with Crippen molar-refractivity contribution in [3.8, 4) is 6.07 Å². The fourth-order valence-electron chi connectivity index (χ4n) is 1.33. The normalized spacial score (nSPS) is 10.4. The second-order valence-corrected chi connectivity index (χ2v) is 5.42. The molecule has 0 fully saturated rings. The van der Waals surface area contributed by atoms with Crippen LogP contribution < -0.4 is 11.1 Å². The molecule has 0 bridgehead atoms. The monoisotopic (exact) mass is 309 g/mol. The zero-order valence-corrected chi connectivity index (χ0v) is 12.9. The van der Waals surface area contributed by atoms with Gasteiger partial charge in [0.2, 0.25) is 5.91 Å². The molecule has 1 amide bonds. The van der Waals surface area contributed by atoms with E-state index in [0.29, 0.717) is 18.3 Å². The van der Waals surface area contributed by atoms with Crippen LogP contribution in [0, 0.1) is 11.3 Å². The van der Waals surface area contributed by atoms with Crippen molar-refractivity contribution in [1.29, 1.82) is 5.26 Å². The van der Waals surface area contributed by atoms with Crippen molar-refractivity contribution >= 4 is 23.5 Å². The zero-order chi connectivity index (χ0) is 15.7. The SMILES string of the molecule is CC(C)OCCCNC(=O)CSc1ncc(C#N)c(N)n1. The van der Waals surface area contributed by atoms with Crippen LogP contribution >= 0.6 is 11.8 Å². The number of rotatable bonds is 8. The summed E-state index contributed by atoms with van der Waals surface area (Å²) in [4.78, 5) is 19.5. The zero-order valence-electron chi connectivity index (χ0n) is 12.1. The van der Waals surface area contributed by atoms with Gasteiger partial charge < -0.3 is 15.8 Å². The number of hydrogen-bond donors (Lipinski definition) is 2. The Kier molecular flexibility index (Phi) is 7.50. The summed E-state index contributed by atoms with van der Waals surface area (Å²) in [5.41, 5.74) is 5.81. The van der Waals surface area contributed by atoms with Crippen molar-refractivity contribution in [3.63, 3.8) is 0 Å². The maximum atomic E-state index is 11.6. The Morgan fingerprint density at radius 1 is 1.62 bits per heavy atom. The van der Waals surface area contributed by atoms with Crippen molar-refractivity contribution in [2.75, 3.05) is 24.6 Å². The fourth-order valence-corrected chi connectivity index (χ4v) is 1.99. The maximum Gasteiger partial charge on any atom is 0.230 e. The highest BCUT2D eigenvalue weighted by Crippen LogP contribution is 2.15. The molecule has 0 aliphatic rings. The van der Waals surface area contributed by atoms with Gasteiger partial charge in [0, 0.05) is 13.2 Å². The molecule has 3 N–H and O–H groups in total. The number of nitrogens with zero attached hydrogens (tertiary/aromatic N) is 3. The number of nitriles is 1. The first-order valence-corrected chi connectivity index (χ1v) is 7.55. The number of nitrogen functional groups attached to an aromatic ring is 1. The van der Waals surface area contributed by atoms with Crippen LogP contribution in [0.2, 0.25) is 0 Å². The lowest BCUT2D eigenvalue weighted by molar-refractivity contribution is -0.118. The van der Waals surface area contributed by atoms with Crippen LogP contribution in [-0.2, 0) is 9.53 Å². The summed E-state index contributed by atoms with van der Waals surface area (Å²) in [7, 11) is 0. The second kappa shape index (κ2) is 9.15. The van der Waals surface area contributed by atoms with Crippen LogP contribution in [0.15, 0.2) is 11.4 Å². The summed E-state index contributed by atoms with van der Waals surface area (Å²) >= 11 is 1.18. The van der Waals surface area contributed by atoms with E-state index >= 15 is 0 Å². The van der Waals surface area contributed by atoms with Gasteiger partial charge in [-0.25, -0.2) is 9.97 Å². The largest absolute Gasteiger partial charge is 0.382 e. The molecule has 0 unspecified atom stereocenters. The Morgan fingerprint density at radius 3 is 3.00 bits per heavy atom. The summed E-state index contributed by atoms with van der Waals surface area (Å²) in [5, 5.41) is 11.9. The molecule has 0 saturated heterocycles. The van der Waals surface area contributed by atoms with E-state index in [1.54, 1.807) is 0 Å². The molecule has 1 rings (SSSR count). The van der Waals surface area contributed by atoms with Crippen molar-refractivity contribution < 1.29 is 9.53 Å². The van der Waals surface area contributed by atoms with Crippen LogP contribution in [0.1, 0.15) is 25.8 Å². The lowest BCUT2D eigenvalue weighted by atomic mass is 10.3. The molecule has 1 aromatic rings. The number of amides is 1. The Morgan fingerprint density at radius 2 is 2.38 bits per heavy atom. The molecule has 0 spiro atoms. The van der Waals surface area contributed by atoms with Gasteiger partial charge in [-0.3, -0.25) is 4.79 Å². The lowest BCUT2D eigenvalue weighted by Gasteiger charge is -2.08. The van der Waals surface area contributed by atoms with E-state index in [1.165, 1.54) is 18.0 Å². The van der Waals surface area contributed by atoms with Crippen LogP contribution in [0.25, 0.3) is 0 Å². The van der Waals surface area contributed by atoms with Crippen molar-refractivity contribution in [3.05, 3.63) is 11.8 Å². The topological polar surface area (TPSA) is 114 Å². The first-order valence-electron chi connectivity index (χ1n) is 6.56. The van der Waals surface area contributed by atoms with E-state index in [4.69, 9.17) is 15.7 Å². The summed E-state index contributed by atoms with van der Waals surface area (Å²) < 4.78 is 5.37. The highest BCUT2D eigenvalue weighted by molar-refractivity contribution is 7.99. The average molecular weight is 309 g/mol. The summed E-state index contributed by atoms with van der Waals surface area (Å²) in [5.74, 6) is 0.230. The first kappa shape index (κ1) is 17.2. The highest BCUT2D eigenvalue weighted by Gasteiger charge is 2.07. The second-order valence-electron chi connectivity index (χ2n) is 4.48. The number of hydrogen-bond acceptors (Lipinski definition) is 7. The van der Waals surface area contributed by atoms with Crippen LogP contribution in [0.5, 0.6) is 0 Å². The third kappa shape index (κ3) is 6.92. The number of nitrogens with two attached hydrogens (primary N) is 1. The predicted molar refractivity (Wildman–Crippen MR) is 80.6 cm³/mol. The molecule has 7 nitrogen and oxygen atoms in total. The number of aromatic nitrogens is 2. The van der Waals surface area contributed by atoms with Gasteiger partial charge in [-0.05, 0) is 20.3 Å². The van der Waals surface area contributed by atoms with E-state index in [0.717, 1.165) is 6.42 Å². The minimum Gasteiger partial charge on any atom is -0.382 e. The van der Waals surface area contributed by atoms with Gasteiger partial charge in [-0.2, -0.15) is 5.26 Å². The molecular weight excluding hydrogens is 290 g/mol. The molecule has 1 heterocycles. The smallest absolute Gasteiger partial charge is 0.230 e. The fraction of sp³-hybridized carbons (Fsp3) is 0.538. The van der Waals surface area contributed by atoms with Crippen LogP contribution in [0.4, 0.5) is 5.82 Å². The number of anilines is 1. The minimum absolute atomic E-state index is 0.101. The number of carbonyl (C=O) groups excluding carboxylic acids is 1. The Bertz CT molecular complexity index is 516. The third-order valence-corrected chi connectivity index (χ3v) is 3.20. The average Bonchev–Trinajstić information content (AvgIpc) is 2.44. The van der Waals surface area contributed by atoms with Crippen molar-refractivity contribution in [2.24, 2.45) is 0 Å². The minimum atomic E-state index is -0.101. The summed E-state index contributed by atoms with van der Waals surface area (Å²) in [6.45, 7) is 5.14. The predicted octanol–water partition coefficient (Wildman–Crippen LogP) is 0.954. The molecule has 8 heteroatoms. The molecule has 0 aliphatic carbocycles. The lowest BCUT2D eigenvalue weighted by Crippen LogP contribution is -2.27. The molecule has 0 aromatic carbocycles.